The molecule has 0 aliphatic heterocycles. The van der Waals surface area contributed by atoms with E-state index in [1.165, 1.54) is 0 Å². The van der Waals surface area contributed by atoms with E-state index in [0.29, 0.717) is 11.7 Å². The Morgan fingerprint density at radius 1 is 1.69 bits per heavy atom. The average Bonchev–Trinajstić information content (AvgIpc) is 2.01. The first-order valence-electron chi connectivity index (χ1n) is 3.88. The summed E-state index contributed by atoms with van der Waals surface area (Å²) in [5.41, 5.74) is 4.92. The highest BCUT2D eigenvalue weighted by atomic mass is 32.1. The maximum Gasteiger partial charge on any atom is 0.236 e. The Hall–Kier alpha value is -0.880. The Kier molecular flexibility index (Phi) is 6.17. The highest BCUT2D eigenvalue weighted by Gasteiger charge is 2.03. The fourth-order valence-corrected chi connectivity index (χ4v) is 1.01. The second-order valence-corrected chi connectivity index (χ2v) is 3.06. The molecule has 0 radical (unpaired) electrons. The smallest absolute Gasteiger partial charge is 0.236 e. The van der Waals surface area contributed by atoms with Crippen molar-refractivity contribution in [3.05, 3.63) is 0 Å². The molecule has 0 saturated heterocycles. The van der Waals surface area contributed by atoms with Gasteiger partial charge in [-0.05, 0) is 19.1 Å². The van der Waals surface area contributed by atoms with E-state index in [1.54, 1.807) is 7.11 Å². The van der Waals surface area contributed by atoms with Crippen molar-refractivity contribution < 1.29 is 9.53 Å². The van der Waals surface area contributed by atoms with Crippen LogP contribution in [-0.4, -0.2) is 37.3 Å². The third kappa shape index (κ3) is 7.48. The van der Waals surface area contributed by atoms with Crippen molar-refractivity contribution in [1.82, 2.24) is 10.6 Å². The van der Waals surface area contributed by atoms with Crippen LogP contribution in [0.5, 0.6) is 0 Å². The zero-order valence-corrected chi connectivity index (χ0v) is 8.61. The Balaban J connectivity index is 3.55. The summed E-state index contributed by atoms with van der Waals surface area (Å²) in [4.78, 5) is 10.4. The van der Waals surface area contributed by atoms with Crippen LogP contribution in [0.25, 0.3) is 0 Å². The second-order valence-electron chi connectivity index (χ2n) is 2.65. The maximum absolute atomic E-state index is 10.4. The molecule has 5 nitrogen and oxygen atoms in total. The molecular formula is C7H15N3O2S. The maximum atomic E-state index is 10.4. The average molecular weight is 205 g/mol. The number of carbonyl (C=O) groups is 1. The third-order valence-electron chi connectivity index (χ3n) is 1.22. The number of hydrogen-bond acceptors (Lipinski definition) is 3. The van der Waals surface area contributed by atoms with E-state index in [0.717, 1.165) is 0 Å². The lowest BCUT2D eigenvalue weighted by Gasteiger charge is -2.15. The van der Waals surface area contributed by atoms with Crippen molar-refractivity contribution in [1.29, 1.82) is 0 Å². The number of primary amides is 1. The van der Waals surface area contributed by atoms with E-state index >= 15 is 0 Å². The number of nitrogens with one attached hydrogen (secondary N) is 2. The summed E-state index contributed by atoms with van der Waals surface area (Å²) in [5, 5.41) is 5.99. The van der Waals surface area contributed by atoms with Gasteiger partial charge in [0, 0.05) is 13.2 Å². The summed E-state index contributed by atoms with van der Waals surface area (Å²) < 4.78 is 4.89. The molecule has 1 amide bonds. The first-order valence-corrected chi connectivity index (χ1v) is 4.28. The molecule has 6 heteroatoms. The van der Waals surface area contributed by atoms with E-state index in [4.69, 9.17) is 22.7 Å². The van der Waals surface area contributed by atoms with Crippen LogP contribution in [0, 0.1) is 0 Å². The number of amides is 1. The largest absolute Gasteiger partial charge is 0.383 e. The summed E-state index contributed by atoms with van der Waals surface area (Å²) in [6.45, 7) is 2.52. The van der Waals surface area contributed by atoms with Crippen LogP contribution in [-0.2, 0) is 9.53 Å². The highest BCUT2D eigenvalue weighted by Crippen LogP contribution is 1.81. The van der Waals surface area contributed by atoms with Gasteiger partial charge in [-0.1, -0.05) is 0 Å². The molecule has 0 heterocycles. The SMILES string of the molecule is COCC(C)NC(=S)NCC(N)=O. The minimum Gasteiger partial charge on any atom is -0.383 e. The molecule has 13 heavy (non-hydrogen) atoms. The molecule has 4 N–H and O–H groups in total. The number of thiocarbonyl (C=S) groups is 1. The quantitative estimate of drug-likeness (QED) is 0.500. The standard InChI is InChI=1S/C7H15N3O2S/c1-5(4-12-2)10-7(13)9-3-6(8)11/h5H,3-4H2,1-2H3,(H2,8,11)(H2,9,10,13). The molecule has 0 saturated carbocycles. The van der Waals surface area contributed by atoms with Crippen LogP contribution in [0.4, 0.5) is 0 Å². The van der Waals surface area contributed by atoms with E-state index in [2.05, 4.69) is 10.6 Å². The molecular weight excluding hydrogens is 190 g/mol. The van der Waals surface area contributed by atoms with Gasteiger partial charge in [0.05, 0.1) is 13.2 Å². The van der Waals surface area contributed by atoms with Gasteiger partial charge in [0.25, 0.3) is 0 Å². The first-order chi connectivity index (χ1) is 6.06. The van der Waals surface area contributed by atoms with Gasteiger partial charge >= 0.3 is 0 Å². The molecule has 0 bridgehead atoms. The Morgan fingerprint density at radius 3 is 2.77 bits per heavy atom. The van der Waals surface area contributed by atoms with Crippen molar-refractivity contribution in [2.45, 2.75) is 13.0 Å². The molecule has 1 atom stereocenters. The van der Waals surface area contributed by atoms with Crippen LogP contribution in [0.15, 0.2) is 0 Å². The van der Waals surface area contributed by atoms with Crippen LogP contribution < -0.4 is 16.4 Å². The molecule has 76 valence electrons. The van der Waals surface area contributed by atoms with Gasteiger partial charge in [-0.15, -0.1) is 0 Å². The van der Waals surface area contributed by atoms with Crippen molar-refractivity contribution in [2.75, 3.05) is 20.3 Å². The fourth-order valence-electron chi connectivity index (χ4n) is 0.734. The molecule has 0 aromatic heterocycles. The monoisotopic (exact) mass is 205 g/mol. The van der Waals surface area contributed by atoms with Gasteiger partial charge in [0.1, 0.15) is 0 Å². The number of methoxy groups -OCH3 is 1. The molecule has 0 aliphatic carbocycles. The van der Waals surface area contributed by atoms with E-state index < -0.39 is 5.91 Å². The number of rotatable bonds is 5. The van der Waals surface area contributed by atoms with E-state index in [-0.39, 0.29) is 12.6 Å². The van der Waals surface area contributed by atoms with Gasteiger partial charge in [0.2, 0.25) is 5.91 Å². The van der Waals surface area contributed by atoms with Gasteiger partial charge in [-0.3, -0.25) is 4.79 Å². The summed E-state index contributed by atoms with van der Waals surface area (Å²) >= 11 is 4.88. The lowest BCUT2D eigenvalue weighted by molar-refractivity contribution is -0.116. The summed E-state index contributed by atoms with van der Waals surface area (Å²) in [7, 11) is 1.61. The summed E-state index contributed by atoms with van der Waals surface area (Å²) in [5.74, 6) is -0.441. The Labute approximate surface area is 83.0 Å². The number of ether oxygens (including phenoxy) is 1. The molecule has 0 fully saturated rings. The normalized spacial score (nSPS) is 11.8. The van der Waals surface area contributed by atoms with Gasteiger partial charge < -0.3 is 21.1 Å². The molecule has 0 aromatic carbocycles. The predicted octanol–water partition coefficient (Wildman–Crippen LogP) is -1.03. The molecule has 0 aromatic rings. The van der Waals surface area contributed by atoms with Crippen LogP contribution in [0.1, 0.15) is 6.92 Å². The summed E-state index contributed by atoms with van der Waals surface area (Å²) in [6, 6.07) is 0.109. The molecule has 0 spiro atoms. The van der Waals surface area contributed by atoms with Crippen LogP contribution in [0.3, 0.4) is 0 Å². The zero-order chi connectivity index (χ0) is 10.3. The van der Waals surface area contributed by atoms with E-state index in [1.807, 2.05) is 6.92 Å². The molecule has 0 aliphatic rings. The number of carbonyl (C=O) groups excluding carboxylic acids is 1. The van der Waals surface area contributed by atoms with Crippen molar-refractivity contribution >= 4 is 23.2 Å². The van der Waals surface area contributed by atoms with Crippen molar-refractivity contribution in [3.63, 3.8) is 0 Å². The Bertz CT molecular complexity index is 187. The third-order valence-corrected chi connectivity index (χ3v) is 1.48. The minimum atomic E-state index is -0.441. The fraction of sp³-hybridized carbons (Fsp3) is 0.714. The number of hydrogen-bond donors (Lipinski definition) is 3. The summed E-state index contributed by atoms with van der Waals surface area (Å²) in [6.07, 6.45) is 0. The lowest BCUT2D eigenvalue weighted by atomic mass is 10.4. The Morgan fingerprint density at radius 2 is 2.31 bits per heavy atom. The van der Waals surface area contributed by atoms with Crippen LogP contribution >= 0.6 is 12.2 Å². The van der Waals surface area contributed by atoms with Gasteiger partial charge in [0.15, 0.2) is 5.11 Å². The minimum absolute atomic E-state index is 0.0472. The second kappa shape index (κ2) is 6.62. The zero-order valence-electron chi connectivity index (χ0n) is 7.79. The predicted molar refractivity (Wildman–Crippen MR) is 54.3 cm³/mol. The van der Waals surface area contributed by atoms with Gasteiger partial charge in [-0.25, -0.2) is 0 Å². The first kappa shape index (κ1) is 12.1. The van der Waals surface area contributed by atoms with Crippen molar-refractivity contribution in [2.24, 2.45) is 5.73 Å². The highest BCUT2D eigenvalue weighted by molar-refractivity contribution is 7.80. The van der Waals surface area contributed by atoms with Crippen LogP contribution in [0.2, 0.25) is 0 Å². The topological polar surface area (TPSA) is 76.4 Å². The lowest BCUT2D eigenvalue weighted by Crippen LogP contribution is -2.45. The molecule has 1 unspecified atom stereocenters. The van der Waals surface area contributed by atoms with E-state index in [9.17, 15) is 4.79 Å². The number of nitrogens with two attached hydrogens (primary N) is 1. The molecule has 0 rings (SSSR count). The van der Waals surface area contributed by atoms with Gasteiger partial charge in [-0.2, -0.15) is 0 Å². The van der Waals surface area contributed by atoms with Crippen molar-refractivity contribution in [3.8, 4) is 0 Å².